The maximum atomic E-state index is 14.2. The quantitative estimate of drug-likeness (QED) is 0.554. The summed E-state index contributed by atoms with van der Waals surface area (Å²) in [4.78, 5) is 26.5. The van der Waals surface area contributed by atoms with Crippen molar-refractivity contribution in [3.8, 4) is 0 Å². The van der Waals surface area contributed by atoms with Gasteiger partial charge in [-0.3, -0.25) is 9.59 Å². The molecular formula is C22H24F4N4O2. The minimum atomic E-state index is -4.58. The first-order valence-corrected chi connectivity index (χ1v) is 10.2. The van der Waals surface area contributed by atoms with E-state index in [0.717, 1.165) is 37.7 Å². The topological polar surface area (TPSA) is 73.5 Å². The summed E-state index contributed by atoms with van der Waals surface area (Å²) < 4.78 is 51.1. The number of benzene rings is 2. The van der Waals surface area contributed by atoms with E-state index in [1.807, 2.05) is 12.1 Å². The highest BCUT2D eigenvalue weighted by atomic mass is 19.4. The molecule has 1 aliphatic rings. The average Bonchev–Trinajstić information content (AvgIpc) is 3.28. The van der Waals surface area contributed by atoms with E-state index in [-0.39, 0.29) is 23.4 Å². The molecule has 0 bridgehead atoms. The number of alkyl halides is 3. The average molecular weight is 452 g/mol. The normalized spacial score (nSPS) is 13.7. The first-order chi connectivity index (χ1) is 15.1. The third-order valence-electron chi connectivity index (χ3n) is 5.12. The SMILES string of the molecule is Cc1c(F)cc(C(=O)NCC(F)(F)F)cc1NCC(=O)Nc1ccc(N2CCCC2)cc1. The largest absolute Gasteiger partial charge is 0.405 e. The van der Waals surface area contributed by atoms with Gasteiger partial charge in [0.25, 0.3) is 5.91 Å². The van der Waals surface area contributed by atoms with Crippen LogP contribution in [0.25, 0.3) is 0 Å². The number of carbonyl (C=O) groups excluding carboxylic acids is 2. The van der Waals surface area contributed by atoms with Crippen molar-refractivity contribution < 1.29 is 27.2 Å². The van der Waals surface area contributed by atoms with Crippen LogP contribution in [0.15, 0.2) is 36.4 Å². The number of anilines is 3. The minimum Gasteiger partial charge on any atom is -0.376 e. The number of carbonyl (C=O) groups is 2. The Morgan fingerprint density at radius 1 is 1.06 bits per heavy atom. The number of nitrogens with zero attached hydrogens (tertiary/aromatic N) is 1. The van der Waals surface area contributed by atoms with Crippen LogP contribution in [0.4, 0.5) is 34.6 Å². The summed E-state index contributed by atoms with van der Waals surface area (Å²) >= 11 is 0. The fraction of sp³-hybridized carbons (Fsp3) is 0.364. The molecule has 2 aromatic carbocycles. The third kappa shape index (κ3) is 6.35. The molecule has 0 unspecified atom stereocenters. The van der Waals surface area contributed by atoms with Gasteiger partial charge in [-0.1, -0.05) is 0 Å². The Morgan fingerprint density at radius 3 is 2.34 bits per heavy atom. The summed E-state index contributed by atoms with van der Waals surface area (Å²) in [5.41, 5.74) is 1.69. The number of halogens is 4. The van der Waals surface area contributed by atoms with Crippen molar-refractivity contribution in [1.82, 2.24) is 5.32 Å². The number of amides is 2. The summed E-state index contributed by atoms with van der Waals surface area (Å²) in [7, 11) is 0. The molecule has 1 aliphatic heterocycles. The molecule has 3 N–H and O–H groups in total. The molecule has 2 aromatic rings. The van der Waals surface area contributed by atoms with Crippen molar-refractivity contribution in [2.24, 2.45) is 0 Å². The van der Waals surface area contributed by atoms with E-state index in [1.165, 1.54) is 13.0 Å². The van der Waals surface area contributed by atoms with Gasteiger partial charge in [0.1, 0.15) is 12.4 Å². The predicted octanol–water partition coefficient (Wildman–Crippen LogP) is 4.08. The van der Waals surface area contributed by atoms with Crippen molar-refractivity contribution in [3.05, 3.63) is 53.3 Å². The van der Waals surface area contributed by atoms with Crippen LogP contribution in [0.1, 0.15) is 28.8 Å². The molecule has 0 spiro atoms. The minimum absolute atomic E-state index is 0.139. The molecule has 0 aromatic heterocycles. The fourth-order valence-electron chi connectivity index (χ4n) is 3.39. The van der Waals surface area contributed by atoms with Crippen LogP contribution in [0.2, 0.25) is 0 Å². The molecule has 3 rings (SSSR count). The molecule has 0 radical (unpaired) electrons. The Balaban J connectivity index is 1.58. The van der Waals surface area contributed by atoms with E-state index in [4.69, 9.17) is 0 Å². The van der Waals surface area contributed by atoms with Crippen LogP contribution < -0.4 is 20.9 Å². The van der Waals surface area contributed by atoms with Crippen LogP contribution in [0.3, 0.4) is 0 Å². The molecule has 32 heavy (non-hydrogen) atoms. The van der Waals surface area contributed by atoms with Gasteiger partial charge in [-0.05, 0) is 56.2 Å². The molecular weight excluding hydrogens is 428 g/mol. The maximum Gasteiger partial charge on any atom is 0.405 e. The zero-order valence-electron chi connectivity index (χ0n) is 17.5. The lowest BCUT2D eigenvalue weighted by Gasteiger charge is -2.18. The monoisotopic (exact) mass is 452 g/mol. The van der Waals surface area contributed by atoms with Crippen molar-refractivity contribution in [2.75, 3.05) is 41.7 Å². The highest BCUT2D eigenvalue weighted by Gasteiger charge is 2.28. The van der Waals surface area contributed by atoms with Gasteiger partial charge in [0, 0.05) is 41.3 Å². The Morgan fingerprint density at radius 2 is 1.72 bits per heavy atom. The zero-order valence-corrected chi connectivity index (χ0v) is 17.5. The van der Waals surface area contributed by atoms with E-state index >= 15 is 0 Å². The van der Waals surface area contributed by atoms with E-state index in [2.05, 4.69) is 15.5 Å². The molecule has 2 amide bonds. The van der Waals surface area contributed by atoms with Crippen LogP contribution >= 0.6 is 0 Å². The predicted molar refractivity (Wildman–Crippen MR) is 115 cm³/mol. The Kier molecular flexibility index (Phi) is 7.22. The second kappa shape index (κ2) is 9.88. The second-order valence-electron chi connectivity index (χ2n) is 7.57. The Labute approximate surface area is 183 Å². The van der Waals surface area contributed by atoms with Crippen LogP contribution in [0.5, 0.6) is 0 Å². The van der Waals surface area contributed by atoms with Crippen LogP contribution in [0, 0.1) is 12.7 Å². The summed E-state index contributed by atoms with van der Waals surface area (Å²) in [6.07, 6.45) is -2.25. The highest BCUT2D eigenvalue weighted by molar-refractivity contribution is 5.96. The molecule has 10 heteroatoms. The molecule has 1 saturated heterocycles. The van der Waals surface area contributed by atoms with Crippen LogP contribution in [-0.4, -0.2) is 44.2 Å². The number of nitrogens with one attached hydrogen (secondary N) is 3. The van der Waals surface area contributed by atoms with E-state index in [0.29, 0.717) is 5.69 Å². The molecule has 0 aliphatic carbocycles. The molecule has 0 saturated carbocycles. The van der Waals surface area contributed by atoms with E-state index in [9.17, 15) is 27.2 Å². The van der Waals surface area contributed by atoms with Gasteiger partial charge >= 0.3 is 6.18 Å². The fourth-order valence-corrected chi connectivity index (χ4v) is 3.39. The van der Waals surface area contributed by atoms with Gasteiger partial charge in [-0.15, -0.1) is 0 Å². The zero-order chi connectivity index (χ0) is 23.3. The van der Waals surface area contributed by atoms with Crippen molar-refractivity contribution in [3.63, 3.8) is 0 Å². The maximum absolute atomic E-state index is 14.2. The van der Waals surface area contributed by atoms with Gasteiger partial charge in [-0.2, -0.15) is 13.2 Å². The lowest BCUT2D eigenvalue weighted by molar-refractivity contribution is -0.123. The van der Waals surface area contributed by atoms with Crippen LogP contribution in [-0.2, 0) is 4.79 Å². The van der Waals surface area contributed by atoms with E-state index in [1.54, 1.807) is 17.4 Å². The third-order valence-corrected chi connectivity index (χ3v) is 5.12. The standard InChI is InChI=1S/C22H24F4N4O2/c1-14-18(23)10-15(21(32)28-13-22(24,25)26)11-19(14)27-12-20(31)29-16-4-6-17(7-5-16)30-8-2-3-9-30/h4-7,10-11,27H,2-3,8-9,12-13H2,1H3,(H,28,32)(H,29,31). The molecule has 172 valence electrons. The lowest BCUT2D eigenvalue weighted by Crippen LogP contribution is -2.33. The summed E-state index contributed by atoms with van der Waals surface area (Å²) in [5.74, 6) is -2.23. The Bertz CT molecular complexity index is 971. The number of hydrogen-bond donors (Lipinski definition) is 3. The number of rotatable bonds is 7. The van der Waals surface area contributed by atoms with Gasteiger partial charge in [-0.25, -0.2) is 4.39 Å². The first kappa shape index (κ1) is 23.4. The lowest BCUT2D eigenvalue weighted by atomic mass is 10.1. The summed E-state index contributed by atoms with van der Waals surface area (Å²) in [6, 6.07) is 9.51. The second-order valence-corrected chi connectivity index (χ2v) is 7.57. The van der Waals surface area contributed by atoms with Gasteiger partial charge in [0.15, 0.2) is 0 Å². The summed E-state index contributed by atoms with van der Waals surface area (Å²) in [5, 5.41) is 7.15. The smallest absolute Gasteiger partial charge is 0.376 e. The Hall–Kier alpha value is -3.30. The first-order valence-electron chi connectivity index (χ1n) is 10.2. The van der Waals surface area contributed by atoms with Crippen molar-refractivity contribution in [2.45, 2.75) is 25.9 Å². The van der Waals surface area contributed by atoms with E-state index < -0.39 is 30.4 Å². The van der Waals surface area contributed by atoms with Gasteiger partial charge < -0.3 is 20.9 Å². The highest BCUT2D eigenvalue weighted by Crippen LogP contribution is 2.23. The van der Waals surface area contributed by atoms with Gasteiger partial charge in [0.05, 0.1) is 6.54 Å². The van der Waals surface area contributed by atoms with Gasteiger partial charge in [0.2, 0.25) is 5.91 Å². The summed E-state index contributed by atoms with van der Waals surface area (Å²) in [6.45, 7) is 1.71. The molecule has 6 nitrogen and oxygen atoms in total. The molecule has 0 atom stereocenters. The number of hydrogen-bond acceptors (Lipinski definition) is 4. The molecule has 1 heterocycles. The van der Waals surface area contributed by atoms with Crippen molar-refractivity contribution in [1.29, 1.82) is 0 Å². The van der Waals surface area contributed by atoms with Crippen molar-refractivity contribution >= 4 is 28.9 Å². The molecule has 1 fully saturated rings.